The Morgan fingerprint density at radius 3 is 2.47 bits per heavy atom. The first-order chi connectivity index (χ1) is 6.90. The van der Waals surface area contributed by atoms with E-state index < -0.39 is 0 Å². The molecule has 0 unspecified atom stereocenters. The monoisotopic (exact) mass is 207 g/mol. The lowest BCUT2D eigenvalue weighted by Crippen LogP contribution is -2.39. The zero-order chi connectivity index (χ0) is 11.2. The van der Waals surface area contributed by atoms with Crippen molar-refractivity contribution in [1.82, 2.24) is 4.90 Å². The lowest BCUT2D eigenvalue weighted by Gasteiger charge is -2.38. The van der Waals surface area contributed by atoms with Crippen molar-refractivity contribution in [3.05, 3.63) is 23.3 Å². The van der Waals surface area contributed by atoms with Crippen LogP contribution in [0.5, 0.6) is 11.5 Å². The zero-order valence-electron chi connectivity index (χ0n) is 9.41. The second-order valence-corrected chi connectivity index (χ2v) is 5.05. The number of likely N-dealkylation sites (N-methyl/N-ethyl adjacent to an activating group) is 1. The number of rotatable bonds is 0. The summed E-state index contributed by atoms with van der Waals surface area (Å²) < 4.78 is 0. The summed E-state index contributed by atoms with van der Waals surface area (Å²) in [6.45, 7) is 6.09. The van der Waals surface area contributed by atoms with Crippen LogP contribution in [0.1, 0.15) is 25.0 Å². The molecule has 2 N–H and O–H groups in total. The van der Waals surface area contributed by atoms with Gasteiger partial charge in [0.15, 0.2) is 11.5 Å². The third-order valence-corrected chi connectivity index (χ3v) is 3.03. The minimum absolute atomic E-state index is 0.0213. The van der Waals surface area contributed by atoms with Crippen LogP contribution in [-0.4, -0.2) is 28.7 Å². The van der Waals surface area contributed by atoms with Gasteiger partial charge < -0.3 is 15.1 Å². The number of phenolic OH excluding ortho intramolecular Hbond substituents is 2. The van der Waals surface area contributed by atoms with E-state index in [-0.39, 0.29) is 16.9 Å². The molecule has 1 aromatic rings. The molecule has 0 aliphatic carbocycles. The predicted molar refractivity (Wildman–Crippen MR) is 59.1 cm³/mol. The normalized spacial score (nSPS) is 19.9. The van der Waals surface area contributed by atoms with Gasteiger partial charge in [0.05, 0.1) is 0 Å². The molecule has 1 aromatic carbocycles. The maximum absolute atomic E-state index is 9.51. The Hall–Kier alpha value is -1.22. The highest BCUT2D eigenvalue weighted by Crippen LogP contribution is 2.38. The average Bonchev–Trinajstić information content (AvgIpc) is 2.07. The largest absolute Gasteiger partial charge is 0.504 e. The highest BCUT2D eigenvalue weighted by Gasteiger charge is 2.31. The maximum atomic E-state index is 9.51. The molecule has 1 aliphatic heterocycles. The number of aromatic hydroxyl groups is 2. The first-order valence-corrected chi connectivity index (χ1v) is 5.14. The lowest BCUT2D eigenvalue weighted by molar-refractivity contribution is 0.234. The summed E-state index contributed by atoms with van der Waals surface area (Å²) in [6.07, 6.45) is 0. The molecule has 0 saturated carbocycles. The zero-order valence-corrected chi connectivity index (χ0v) is 9.41. The minimum atomic E-state index is -0.0279. The molecule has 0 spiro atoms. The van der Waals surface area contributed by atoms with Gasteiger partial charge in [-0.25, -0.2) is 0 Å². The average molecular weight is 207 g/mol. The first kappa shape index (κ1) is 10.3. The van der Waals surface area contributed by atoms with Gasteiger partial charge in [-0.2, -0.15) is 0 Å². The SMILES string of the molecule is CN1Cc2cc(O)c(O)cc2C(C)(C)C1. The highest BCUT2D eigenvalue weighted by molar-refractivity contribution is 5.49. The molecular formula is C12H17NO2. The number of hydrogen-bond donors (Lipinski definition) is 2. The van der Waals surface area contributed by atoms with Gasteiger partial charge in [0.1, 0.15) is 0 Å². The second kappa shape index (κ2) is 3.14. The molecule has 1 heterocycles. The van der Waals surface area contributed by atoms with Gasteiger partial charge in [-0.15, -0.1) is 0 Å². The summed E-state index contributed by atoms with van der Waals surface area (Å²) in [7, 11) is 2.06. The van der Waals surface area contributed by atoms with Crippen molar-refractivity contribution in [3.8, 4) is 11.5 Å². The number of nitrogens with zero attached hydrogens (tertiary/aromatic N) is 1. The molecule has 15 heavy (non-hydrogen) atoms. The van der Waals surface area contributed by atoms with Crippen molar-refractivity contribution < 1.29 is 10.2 Å². The molecule has 82 valence electrons. The van der Waals surface area contributed by atoms with Crippen molar-refractivity contribution in [2.45, 2.75) is 25.8 Å². The molecule has 0 fully saturated rings. The Morgan fingerprint density at radius 1 is 1.20 bits per heavy atom. The summed E-state index contributed by atoms with van der Waals surface area (Å²) in [6, 6.07) is 3.36. The summed E-state index contributed by atoms with van der Waals surface area (Å²) in [5.41, 5.74) is 2.26. The van der Waals surface area contributed by atoms with Crippen molar-refractivity contribution in [2.75, 3.05) is 13.6 Å². The van der Waals surface area contributed by atoms with Gasteiger partial charge in [-0.1, -0.05) is 13.8 Å². The van der Waals surface area contributed by atoms with Crippen LogP contribution in [0.3, 0.4) is 0 Å². The minimum Gasteiger partial charge on any atom is -0.504 e. The molecule has 0 amide bonds. The quantitative estimate of drug-likeness (QED) is 0.638. The summed E-state index contributed by atoms with van der Waals surface area (Å²) in [4.78, 5) is 2.22. The number of fused-ring (bicyclic) bond motifs is 1. The topological polar surface area (TPSA) is 43.7 Å². The van der Waals surface area contributed by atoms with Gasteiger partial charge in [-0.05, 0) is 30.3 Å². The Kier molecular flexibility index (Phi) is 2.15. The van der Waals surface area contributed by atoms with Crippen molar-refractivity contribution in [3.63, 3.8) is 0 Å². The van der Waals surface area contributed by atoms with Crippen LogP contribution in [-0.2, 0) is 12.0 Å². The molecule has 0 atom stereocenters. The highest BCUT2D eigenvalue weighted by atomic mass is 16.3. The third-order valence-electron chi connectivity index (χ3n) is 3.03. The molecule has 3 nitrogen and oxygen atoms in total. The first-order valence-electron chi connectivity index (χ1n) is 5.14. The maximum Gasteiger partial charge on any atom is 0.157 e. The van der Waals surface area contributed by atoms with Crippen LogP contribution < -0.4 is 0 Å². The molecule has 0 saturated heterocycles. The van der Waals surface area contributed by atoms with Crippen molar-refractivity contribution in [2.24, 2.45) is 0 Å². The molecule has 3 heteroatoms. The fourth-order valence-corrected chi connectivity index (χ4v) is 2.49. The molecule has 2 rings (SSSR count). The van der Waals surface area contributed by atoms with Crippen LogP contribution in [0, 0.1) is 0 Å². The van der Waals surface area contributed by atoms with Gasteiger partial charge in [0.2, 0.25) is 0 Å². The lowest BCUT2D eigenvalue weighted by atomic mass is 9.78. The van der Waals surface area contributed by atoms with Crippen molar-refractivity contribution in [1.29, 1.82) is 0 Å². The van der Waals surface area contributed by atoms with Crippen LogP contribution in [0.25, 0.3) is 0 Å². The Balaban J connectivity index is 2.58. The van der Waals surface area contributed by atoms with E-state index in [2.05, 4.69) is 25.8 Å². The van der Waals surface area contributed by atoms with Gasteiger partial charge >= 0.3 is 0 Å². The summed E-state index contributed by atoms with van der Waals surface area (Å²) >= 11 is 0. The van der Waals surface area contributed by atoms with Crippen LogP contribution in [0.4, 0.5) is 0 Å². The van der Waals surface area contributed by atoms with Gasteiger partial charge in [0, 0.05) is 18.5 Å². The fourth-order valence-electron chi connectivity index (χ4n) is 2.49. The van der Waals surface area contributed by atoms with Crippen LogP contribution in [0.15, 0.2) is 12.1 Å². The van der Waals surface area contributed by atoms with E-state index >= 15 is 0 Å². The second-order valence-electron chi connectivity index (χ2n) is 5.05. The van der Waals surface area contributed by atoms with E-state index in [9.17, 15) is 10.2 Å². The van der Waals surface area contributed by atoms with Crippen LogP contribution in [0.2, 0.25) is 0 Å². The van der Waals surface area contributed by atoms with Crippen molar-refractivity contribution >= 4 is 0 Å². The number of phenols is 2. The summed E-state index contributed by atoms with van der Waals surface area (Å²) in [5.74, 6) is -0.0498. The fraction of sp³-hybridized carbons (Fsp3) is 0.500. The Bertz CT molecular complexity index is 399. The van der Waals surface area contributed by atoms with Gasteiger partial charge in [-0.3, -0.25) is 0 Å². The molecule has 0 aromatic heterocycles. The Morgan fingerprint density at radius 2 is 1.80 bits per heavy atom. The smallest absolute Gasteiger partial charge is 0.157 e. The van der Waals surface area contributed by atoms with E-state index in [1.165, 1.54) is 0 Å². The standard InChI is InChI=1S/C12H17NO2/c1-12(2)7-13(3)6-8-4-10(14)11(15)5-9(8)12/h4-5,14-15H,6-7H2,1-3H3. The van der Waals surface area contributed by atoms with Crippen LogP contribution >= 0.6 is 0 Å². The van der Waals surface area contributed by atoms with E-state index in [1.54, 1.807) is 12.1 Å². The van der Waals surface area contributed by atoms with Gasteiger partial charge in [0.25, 0.3) is 0 Å². The molecule has 1 aliphatic rings. The Labute approximate surface area is 90.0 Å². The number of hydrogen-bond acceptors (Lipinski definition) is 3. The van der Waals surface area contributed by atoms with E-state index in [1.807, 2.05) is 0 Å². The van der Waals surface area contributed by atoms with E-state index in [0.717, 1.165) is 24.2 Å². The predicted octanol–water partition coefficient (Wildman–Crippen LogP) is 1.82. The summed E-state index contributed by atoms with van der Waals surface area (Å²) in [5, 5.41) is 19.0. The third kappa shape index (κ3) is 1.67. The molecule has 0 radical (unpaired) electrons. The molecule has 0 bridgehead atoms. The molecular weight excluding hydrogens is 190 g/mol. The van der Waals surface area contributed by atoms with E-state index in [0.29, 0.717) is 0 Å². The number of benzene rings is 1. The van der Waals surface area contributed by atoms with E-state index in [4.69, 9.17) is 0 Å².